The summed E-state index contributed by atoms with van der Waals surface area (Å²) < 4.78 is 28.8. The summed E-state index contributed by atoms with van der Waals surface area (Å²) in [7, 11) is -1.26. The number of hydrogen-bond acceptors (Lipinski definition) is 4. The van der Waals surface area contributed by atoms with Crippen molar-refractivity contribution in [3.05, 3.63) is 27.7 Å². The van der Waals surface area contributed by atoms with E-state index >= 15 is 0 Å². The van der Waals surface area contributed by atoms with E-state index in [1.165, 1.54) is 0 Å². The van der Waals surface area contributed by atoms with E-state index < -0.39 is 9.84 Å². The third-order valence-corrected chi connectivity index (χ3v) is 4.93. The van der Waals surface area contributed by atoms with Gasteiger partial charge in [0, 0.05) is 17.1 Å². The minimum absolute atomic E-state index is 0.0151. The molecule has 1 aromatic carbocycles. The lowest BCUT2D eigenvalue weighted by Gasteiger charge is -2.13. The molecule has 0 radical (unpaired) electrons. The van der Waals surface area contributed by atoms with Crippen molar-refractivity contribution >= 4 is 33.0 Å². The van der Waals surface area contributed by atoms with Gasteiger partial charge in [0.15, 0.2) is 9.84 Å². The van der Waals surface area contributed by atoms with Gasteiger partial charge in [0.25, 0.3) is 0 Å². The third kappa shape index (κ3) is 5.48. The van der Waals surface area contributed by atoms with E-state index in [0.29, 0.717) is 28.8 Å². The highest BCUT2D eigenvalue weighted by atomic mass is 35.5. The Labute approximate surface area is 130 Å². The molecular formula is C13H19Cl2NO3S. The summed E-state index contributed by atoms with van der Waals surface area (Å²) in [6.07, 6.45) is 0.606. The Hall–Kier alpha value is -0.490. The van der Waals surface area contributed by atoms with Crippen LogP contribution >= 0.6 is 23.2 Å². The smallest absolute Gasteiger partial charge is 0.153 e. The SMILES string of the molecule is CCCS(=O)(=O)CCOc1c(Cl)cc(Cl)cc1CNC. The summed E-state index contributed by atoms with van der Waals surface area (Å²) in [6, 6.07) is 3.33. The summed E-state index contributed by atoms with van der Waals surface area (Å²) >= 11 is 12.0. The topological polar surface area (TPSA) is 55.4 Å². The number of nitrogens with one attached hydrogen (secondary N) is 1. The van der Waals surface area contributed by atoms with Gasteiger partial charge in [-0.15, -0.1) is 0 Å². The van der Waals surface area contributed by atoms with Crippen LogP contribution in [0.3, 0.4) is 0 Å². The molecule has 0 unspecified atom stereocenters. The van der Waals surface area contributed by atoms with Gasteiger partial charge in [0.1, 0.15) is 12.4 Å². The van der Waals surface area contributed by atoms with Gasteiger partial charge in [0.05, 0.1) is 16.5 Å². The lowest BCUT2D eigenvalue weighted by atomic mass is 10.2. The molecule has 7 heteroatoms. The van der Waals surface area contributed by atoms with Crippen LogP contribution in [0.4, 0.5) is 0 Å². The Morgan fingerprint density at radius 3 is 2.55 bits per heavy atom. The van der Waals surface area contributed by atoms with Gasteiger partial charge in [-0.2, -0.15) is 0 Å². The zero-order chi connectivity index (χ0) is 15.2. The molecular weight excluding hydrogens is 321 g/mol. The van der Waals surface area contributed by atoms with Gasteiger partial charge in [-0.1, -0.05) is 30.1 Å². The van der Waals surface area contributed by atoms with Crippen molar-refractivity contribution in [2.75, 3.05) is 25.2 Å². The van der Waals surface area contributed by atoms with Crippen molar-refractivity contribution in [3.63, 3.8) is 0 Å². The minimum atomic E-state index is -3.06. The number of halogens is 2. The number of ether oxygens (including phenoxy) is 1. The van der Waals surface area contributed by atoms with Gasteiger partial charge in [0.2, 0.25) is 0 Å². The fourth-order valence-electron chi connectivity index (χ4n) is 1.78. The number of sulfone groups is 1. The van der Waals surface area contributed by atoms with Gasteiger partial charge in [-0.25, -0.2) is 8.42 Å². The number of benzene rings is 1. The van der Waals surface area contributed by atoms with Crippen LogP contribution in [0.25, 0.3) is 0 Å². The minimum Gasteiger partial charge on any atom is -0.491 e. The van der Waals surface area contributed by atoms with E-state index in [0.717, 1.165) is 5.56 Å². The van der Waals surface area contributed by atoms with Gasteiger partial charge in [-0.3, -0.25) is 0 Å². The van der Waals surface area contributed by atoms with Crippen LogP contribution in [-0.2, 0) is 16.4 Å². The van der Waals surface area contributed by atoms with Crippen LogP contribution in [0, 0.1) is 0 Å². The number of rotatable bonds is 8. The third-order valence-electron chi connectivity index (χ3n) is 2.61. The van der Waals surface area contributed by atoms with E-state index in [-0.39, 0.29) is 18.1 Å². The molecule has 0 atom stereocenters. The molecule has 1 aromatic rings. The van der Waals surface area contributed by atoms with Crippen molar-refractivity contribution in [2.24, 2.45) is 0 Å². The fourth-order valence-corrected chi connectivity index (χ4v) is 3.53. The van der Waals surface area contributed by atoms with Gasteiger partial charge >= 0.3 is 0 Å². The maximum absolute atomic E-state index is 11.6. The Morgan fingerprint density at radius 1 is 1.25 bits per heavy atom. The molecule has 114 valence electrons. The quantitative estimate of drug-likeness (QED) is 0.791. The molecule has 4 nitrogen and oxygen atoms in total. The highest BCUT2D eigenvalue weighted by molar-refractivity contribution is 7.91. The summed E-state index contributed by atoms with van der Waals surface area (Å²) in [5.41, 5.74) is 0.804. The van der Waals surface area contributed by atoms with Crippen LogP contribution in [0.2, 0.25) is 10.0 Å². The maximum Gasteiger partial charge on any atom is 0.153 e. The van der Waals surface area contributed by atoms with Gasteiger partial charge in [-0.05, 0) is 25.6 Å². The van der Waals surface area contributed by atoms with Crippen molar-refractivity contribution in [3.8, 4) is 5.75 Å². The predicted octanol–water partition coefficient (Wildman–Crippen LogP) is 2.92. The van der Waals surface area contributed by atoms with Crippen molar-refractivity contribution in [1.29, 1.82) is 0 Å². The number of hydrogen-bond donors (Lipinski definition) is 1. The molecule has 0 fully saturated rings. The van der Waals surface area contributed by atoms with Crippen LogP contribution in [0.1, 0.15) is 18.9 Å². The predicted molar refractivity (Wildman–Crippen MR) is 83.7 cm³/mol. The normalized spacial score (nSPS) is 11.6. The molecule has 0 aliphatic rings. The first-order valence-electron chi connectivity index (χ1n) is 6.35. The molecule has 0 aliphatic carbocycles. The van der Waals surface area contributed by atoms with Crippen molar-refractivity contribution < 1.29 is 13.2 Å². The molecule has 1 N–H and O–H groups in total. The monoisotopic (exact) mass is 339 g/mol. The molecule has 0 aliphatic heterocycles. The standard InChI is InChI=1S/C13H19Cl2NO3S/c1-3-5-20(17,18)6-4-19-13-10(9-16-2)7-11(14)8-12(13)15/h7-8,16H,3-6,9H2,1-2H3. The van der Waals surface area contributed by atoms with Gasteiger partial charge < -0.3 is 10.1 Å². The van der Waals surface area contributed by atoms with E-state index in [1.54, 1.807) is 19.2 Å². The Bertz CT molecular complexity index is 547. The lowest BCUT2D eigenvalue weighted by molar-refractivity contribution is 0.336. The van der Waals surface area contributed by atoms with Crippen molar-refractivity contribution in [2.45, 2.75) is 19.9 Å². The average molecular weight is 340 g/mol. The first kappa shape index (κ1) is 17.6. The zero-order valence-corrected chi connectivity index (χ0v) is 13.9. The van der Waals surface area contributed by atoms with Crippen LogP contribution in [0.15, 0.2) is 12.1 Å². The second kappa shape index (κ2) is 8.08. The van der Waals surface area contributed by atoms with E-state index in [2.05, 4.69) is 5.32 Å². The summed E-state index contributed by atoms with van der Waals surface area (Å²) in [4.78, 5) is 0. The summed E-state index contributed by atoms with van der Waals surface area (Å²) in [5, 5.41) is 3.89. The molecule has 0 saturated carbocycles. The largest absolute Gasteiger partial charge is 0.491 e. The molecule has 1 rings (SSSR count). The summed E-state index contributed by atoms with van der Waals surface area (Å²) in [6.45, 7) is 2.46. The maximum atomic E-state index is 11.6. The lowest BCUT2D eigenvalue weighted by Crippen LogP contribution is -2.17. The van der Waals surface area contributed by atoms with Crippen LogP contribution in [-0.4, -0.2) is 33.6 Å². The van der Waals surface area contributed by atoms with Crippen molar-refractivity contribution in [1.82, 2.24) is 5.32 Å². The highest BCUT2D eigenvalue weighted by Gasteiger charge is 2.13. The fraction of sp³-hybridized carbons (Fsp3) is 0.538. The zero-order valence-electron chi connectivity index (χ0n) is 11.6. The van der Waals surface area contributed by atoms with E-state index in [4.69, 9.17) is 27.9 Å². The molecule has 0 saturated heterocycles. The second-order valence-corrected chi connectivity index (χ2v) is 7.55. The first-order chi connectivity index (χ1) is 9.39. The molecule has 0 heterocycles. The summed E-state index contributed by atoms with van der Waals surface area (Å²) in [5.74, 6) is 0.643. The van der Waals surface area contributed by atoms with E-state index in [9.17, 15) is 8.42 Å². The molecule has 20 heavy (non-hydrogen) atoms. The second-order valence-electron chi connectivity index (χ2n) is 4.41. The van der Waals surface area contributed by atoms with E-state index in [1.807, 2.05) is 6.92 Å². The molecule has 0 spiro atoms. The highest BCUT2D eigenvalue weighted by Crippen LogP contribution is 2.32. The average Bonchev–Trinajstić information content (AvgIpc) is 2.32. The Morgan fingerprint density at radius 2 is 1.95 bits per heavy atom. The molecule has 0 aromatic heterocycles. The van der Waals surface area contributed by atoms with Crippen LogP contribution in [0.5, 0.6) is 5.75 Å². The molecule has 0 bridgehead atoms. The van der Waals surface area contributed by atoms with Crippen LogP contribution < -0.4 is 10.1 Å². The first-order valence-corrected chi connectivity index (χ1v) is 8.93. The molecule has 0 amide bonds. The Balaban J connectivity index is 2.77. The Kier molecular flexibility index (Phi) is 7.09.